The summed E-state index contributed by atoms with van der Waals surface area (Å²) in [6.45, 7) is 3.57. The van der Waals surface area contributed by atoms with Gasteiger partial charge in [-0.2, -0.15) is 0 Å². The van der Waals surface area contributed by atoms with Gasteiger partial charge in [-0.3, -0.25) is 4.79 Å². The van der Waals surface area contributed by atoms with Crippen molar-refractivity contribution in [3.63, 3.8) is 0 Å². The molecule has 1 aromatic rings. The van der Waals surface area contributed by atoms with Gasteiger partial charge in [0.2, 0.25) is 0 Å². The molecule has 1 heterocycles. The van der Waals surface area contributed by atoms with Crippen LogP contribution in [-0.4, -0.2) is 28.7 Å². The van der Waals surface area contributed by atoms with E-state index in [1.54, 1.807) is 4.90 Å². The number of carbonyl (C=O) groups is 1. The summed E-state index contributed by atoms with van der Waals surface area (Å²) in [6, 6.07) is 4.10. The highest BCUT2D eigenvalue weighted by molar-refractivity contribution is 9.09. The first kappa shape index (κ1) is 13.8. The predicted molar refractivity (Wildman–Crippen MR) is 73.8 cm³/mol. The second kappa shape index (κ2) is 5.57. The van der Waals surface area contributed by atoms with Crippen molar-refractivity contribution in [2.75, 3.05) is 13.1 Å². The standard InChI is InChI=1S/C13H14BrClFNO/c1-8-4-5-17(7-10(8)14)13(18)9-2-3-12(16)11(15)6-9/h2-3,6,8,10H,4-5,7H2,1H3. The topological polar surface area (TPSA) is 20.3 Å². The number of hydrogen-bond donors (Lipinski definition) is 0. The summed E-state index contributed by atoms with van der Waals surface area (Å²) < 4.78 is 13.1. The summed E-state index contributed by atoms with van der Waals surface area (Å²) in [4.78, 5) is 14.3. The van der Waals surface area contributed by atoms with Gasteiger partial charge in [-0.25, -0.2) is 4.39 Å². The van der Waals surface area contributed by atoms with E-state index in [9.17, 15) is 9.18 Å². The fourth-order valence-corrected chi connectivity index (χ4v) is 2.81. The van der Waals surface area contributed by atoms with Crippen LogP contribution in [0.1, 0.15) is 23.7 Å². The monoisotopic (exact) mass is 333 g/mol. The van der Waals surface area contributed by atoms with Crippen LogP contribution in [0.2, 0.25) is 5.02 Å². The Balaban J connectivity index is 2.14. The third-order valence-corrected chi connectivity index (χ3v) is 4.80. The van der Waals surface area contributed by atoms with E-state index < -0.39 is 5.82 Å². The molecule has 1 fully saturated rings. The zero-order valence-corrected chi connectivity index (χ0v) is 12.3. The quantitative estimate of drug-likeness (QED) is 0.717. The molecular formula is C13H14BrClFNO. The number of alkyl halides is 1. The normalized spacial score (nSPS) is 24.1. The highest BCUT2D eigenvalue weighted by Gasteiger charge is 2.27. The molecule has 1 aliphatic rings. The van der Waals surface area contributed by atoms with Crippen molar-refractivity contribution in [3.05, 3.63) is 34.6 Å². The Kier molecular flexibility index (Phi) is 4.28. The van der Waals surface area contributed by atoms with Crippen LogP contribution >= 0.6 is 27.5 Å². The molecule has 98 valence electrons. The molecule has 0 saturated carbocycles. The predicted octanol–water partition coefficient (Wildman–Crippen LogP) is 3.72. The van der Waals surface area contributed by atoms with Crippen molar-refractivity contribution >= 4 is 33.4 Å². The fraction of sp³-hybridized carbons (Fsp3) is 0.462. The number of nitrogens with zero attached hydrogens (tertiary/aromatic N) is 1. The van der Waals surface area contributed by atoms with E-state index in [1.807, 2.05) is 0 Å². The highest BCUT2D eigenvalue weighted by Crippen LogP contribution is 2.25. The first-order valence-corrected chi connectivity index (χ1v) is 7.17. The first-order chi connectivity index (χ1) is 8.49. The molecule has 1 aromatic carbocycles. The van der Waals surface area contributed by atoms with Crippen LogP contribution in [0, 0.1) is 11.7 Å². The third kappa shape index (κ3) is 2.86. The van der Waals surface area contributed by atoms with Gasteiger partial charge in [0.1, 0.15) is 5.82 Å². The average Bonchev–Trinajstić information content (AvgIpc) is 2.35. The van der Waals surface area contributed by atoms with Crippen LogP contribution in [0.5, 0.6) is 0 Å². The van der Waals surface area contributed by atoms with Gasteiger partial charge < -0.3 is 4.90 Å². The van der Waals surface area contributed by atoms with Crippen LogP contribution < -0.4 is 0 Å². The molecule has 0 radical (unpaired) electrons. The maximum Gasteiger partial charge on any atom is 0.253 e. The zero-order valence-electron chi connectivity index (χ0n) is 10.00. The van der Waals surface area contributed by atoms with Crippen molar-refractivity contribution in [2.45, 2.75) is 18.2 Å². The zero-order chi connectivity index (χ0) is 13.3. The van der Waals surface area contributed by atoms with Gasteiger partial charge in [0.15, 0.2) is 0 Å². The van der Waals surface area contributed by atoms with Gasteiger partial charge in [-0.1, -0.05) is 34.5 Å². The summed E-state index contributed by atoms with van der Waals surface area (Å²) in [5, 5.41) is -0.0124. The number of hydrogen-bond acceptors (Lipinski definition) is 1. The fourth-order valence-electron chi connectivity index (χ4n) is 2.02. The van der Waals surface area contributed by atoms with Crippen molar-refractivity contribution in [2.24, 2.45) is 5.92 Å². The molecule has 1 amide bonds. The Morgan fingerprint density at radius 1 is 1.56 bits per heavy atom. The summed E-state index contributed by atoms with van der Waals surface area (Å²) in [5.41, 5.74) is 0.440. The van der Waals surface area contributed by atoms with Crippen LogP contribution in [0.4, 0.5) is 4.39 Å². The van der Waals surface area contributed by atoms with Crippen molar-refractivity contribution < 1.29 is 9.18 Å². The highest BCUT2D eigenvalue weighted by atomic mass is 79.9. The summed E-state index contributed by atoms with van der Waals surface area (Å²) >= 11 is 9.27. The van der Waals surface area contributed by atoms with E-state index in [2.05, 4.69) is 22.9 Å². The molecule has 2 rings (SSSR count). The Hall–Kier alpha value is -0.610. The molecule has 0 N–H and O–H groups in total. The van der Waals surface area contributed by atoms with Gasteiger partial charge in [-0.05, 0) is 30.5 Å². The minimum Gasteiger partial charge on any atom is -0.338 e. The van der Waals surface area contributed by atoms with Crippen molar-refractivity contribution in [1.29, 1.82) is 0 Å². The lowest BCUT2D eigenvalue weighted by Gasteiger charge is -2.34. The summed E-state index contributed by atoms with van der Waals surface area (Å²) in [6.07, 6.45) is 0.969. The molecule has 2 nitrogen and oxygen atoms in total. The molecule has 1 saturated heterocycles. The lowest BCUT2D eigenvalue weighted by molar-refractivity contribution is 0.0706. The molecule has 0 aliphatic carbocycles. The molecule has 0 aromatic heterocycles. The molecule has 18 heavy (non-hydrogen) atoms. The minimum absolute atomic E-state index is 0.0124. The molecule has 2 atom stereocenters. The summed E-state index contributed by atoms with van der Waals surface area (Å²) in [7, 11) is 0. The number of likely N-dealkylation sites (tertiary alicyclic amines) is 1. The number of amides is 1. The minimum atomic E-state index is -0.501. The Morgan fingerprint density at radius 2 is 2.28 bits per heavy atom. The lowest BCUT2D eigenvalue weighted by Crippen LogP contribution is -2.43. The third-order valence-electron chi connectivity index (χ3n) is 3.32. The molecule has 0 bridgehead atoms. The number of piperidine rings is 1. The van der Waals surface area contributed by atoms with Gasteiger partial charge in [-0.15, -0.1) is 0 Å². The molecule has 2 unspecified atom stereocenters. The summed E-state index contributed by atoms with van der Waals surface area (Å²) in [5.74, 6) is -0.0297. The second-order valence-corrected chi connectivity index (χ2v) is 6.25. The smallest absolute Gasteiger partial charge is 0.253 e. The Bertz CT molecular complexity index is 468. The van der Waals surface area contributed by atoms with E-state index in [4.69, 9.17) is 11.6 Å². The largest absolute Gasteiger partial charge is 0.338 e. The van der Waals surface area contributed by atoms with Crippen LogP contribution in [0.3, 0.4) is 0 Å². The van der Waals surface area contributed by atoms with E-state index in [-0.39, 0.29) is 10.9 Å². The van der Waals surface area contributed by atoms with Crippen molar-refractivity contribution in [1.82, 2.24) is 4.90 Å². The van der Waals surface area contributed by atoms with E-state index >= 15 is 0 Å². The molecule has 5 heteroatoms. The van der Waals surface area contributed by atoms with Gasteiger partial charge >= 0.3 is 0 Å². The maximum atomic E-state index is 13.1. The number of halogens is 3. The number of rotatable bonds is 1. The Labute approximate surface area is 119 Å². The van der Waals surface area contributed by atoms with E-state index in [0.717, 1.165) is 13.0 Å². The van der Waals surface area contributed by atoms with Crippen LogP contribution in [0.25, 0.3) is 0 Å². The lowest BCUT2D eigenvalue weighted by atomic mass is 9.98. The van der Waals surface area contributed by atoms with Crippen LogP contribution in [0.15, 0.2) is 18.2 Å². The number of carbonyl (C=O) groups excluding carboxylic acids is 1. The van der Waals surface area contributed by atoms with Crippen LogP contribution in [-0.2, 0) is 0 Å². The Morgan fingerprint density at radius 3 is 2.89 bits per heavy atom. The van der Waals surface area contributed by atoms with Crippen molar-refractivity contribution in [3.8, 4) is 0 Å². The molecular weight excluding hydrogens is 321 g/mol. The SMILES string of the molecule is CC1CCN(C(=O)c2ccc(F)c(Cl)c2)CC1Br. The molecule has 1 aliphatic heterocycles. The average molecular weight is 335 g/mol. The second-order valence-electron chi connectivity index (χ2n) is 4.66. The van der Waals surface area contributed by atoms with E-state index in [0.29, 0.717) is 22.9 Å². The maximum absolute atomic E-state index is 13.1. The number of benzene rings is 1. The first-order valence-electron chi connectivity index (χ1n) is 5.87. The molecule has 0 spiro atoms. The van der Waals surface area contributed by atoms with Gasteiger partial charge in [0.25, 0.3) is 5.91 Å². The van der Waals surface area contributed by atoms with Gasteiger partial charge in [0, 0.05) is 23.5 Å². The van der Waals surface area contributed by atoms with Gasteiger partial charge in [0.05, 0.1) is 5.02 Å². The van der Waals surface area contributed by atoms with E-state index in [1.165, 1.54) is 18.2 Å².